The monoisotopic (exact) mass is 206 g/mol. The van der Waals surface area contributed by atoms with Crippen LogP contribution in [0.4, 0.5) is 11.5 Å². The molecule has 2 heterocycles. The largest absolute Gasteiger partial charge is 0.399 e. The van der Waals surface area contributed by atoms with Crippen molar-refractivity contribution in [2.45, 2.75) is 13.3 Å². The predicted octanol–water partition coefficient (Wildman–Crippen LogP) is 1.39. The summed E-state index contributed by atoms with van der Waals surface area (Å²) in [5.41, 5.74) is 6.52. The molecule has 0 radical (unpaired) electrons. The molecule has 2 aromatic rings. The molecule has 2 N–H and O–H groups in total. The Balaban J connectivity index is 2.81. The van der Waals surface area contributed by atoms with E-state index in [1.807, 2.05) is 6.92 Å². The number of fused-ring (bicyclic) bond motifs is 1. The maximum absolute atomic E-state index is 10.7. The summed E-state index contributed by atoms with van der Waals surface area (Å²) in [7, 11) is 0. The van der Waals surface area contributed by atoms with Crippen molar-refractivity contribution in [1.82, 2.24) is 9.38 Å². The minimum atomic E-state index is -0.492. The van der Waals surface area contributed by atoms with E-state index in [2.05, 4.69) is 4.98 Å². The van der Waals surface area contributed by atoms with Crippen molar-refractivity contribution in [2.24, 2.45) is 0 Å². The summed E-state index contributed by atoms with van der Waals surface area (Å²) in [5, 5.41) is 10.7. The van der Waals surface area contributed by atoms with Gasteiger partial charge in [-0.15, -0.1) is 0 Å². The van der Waals surface area contributed by atoms with Gasteiger partial charge in [0.1, 0.15) is 5.52 Å². The summed E-state index contributed by atoms with van der Waals surface area (Å²) < 4.78 is 1.69. The summed E-state index contributed by atoms with van der Waals surface area (Å²) in [4.78, 5) is 14.2. The molecule has 0 atom stereocenters. The van der Waals surface area contributed by atoms with Crippen LogP contribution in [0.15, 0.2) is 18.3 Å². The molecule has 6 nitrogen and oxygen atoms in total. The SMILES string of the molecule is CCc1nc([N+](=O)[O-])c2cc(N)ccn12. The Kier molecular flexibility index (Phi) is 2.03. The lowest BCUT2D eigenvalue weighted by molar-refractivity contribution is -0.387. The summed E-state index contributed by atoms with van der Waals surface area (Å²) in [6.45, 7) is 1.90. The van der Waals surface area contributed by atoms with Crippen LogP contribution >= 0.6 is 0 Å². The zero-order valence-electron chi connectivity index (χ0n) is 8.17. The quantitative estimate of drug-likeness (QED) is 0.594. The van der Waals surface area contributed by atoms with Gasteiger partial charge in [-0.2, -0.15) is 0 Å². The molecule has 0 aliphatic carbocycles. The lowest BCUT2D eigenvalue weighted by atomic mass is 10.3. The highest BCUT2D eigenvalue weighted by Gasteiger charge is 2.20. The molecule has 15 heavy (non-hydrogen) atoms. The standard InChI is InChI=1S/C9H10N4O2/c1-2-8-11-9(13(14)15)7-5-6(10)3-4-12(7)8/h3-5H,2,10H2,1H3. The number of aromatic nitrogens is 2. The molecule has 0 spiro atoms. The minimum absolute atomic E-state index is 0.140. The van der Waals surface area contributed by atoms with Crippen molar-refractivity contribution >= 4 is 17.0 Å². The van der Waals surface area contributed by atoms with E-state index in [1.165, 1.54) is 0 Å². The minimum Gasteiger partial charge on any atom is -0.399 e. The Morgan fingerprint density at radius 2 is 2.40 bits per heavy atom. The number of nitrogens with two attached hydrogens (primary N) is 1. The van der Waals surface area contributed by atoms with E-state index in [0.29, 0.717) is 23.4 Å². The van der Waals surface area contributed by atoms with E-state index in [0.717, 1.165) is 0 Å². The van der Waals surface area contributed by atoms with Crippen molar-refractivity contribution in [3.63, 3.8) is 0 Å². The Bertz CT molecular complexity index is 532. The van der Waals surface area contributed by atoms with Gasteiger partial charge in [-0.1, -0.05) is 6.92 Å². The molecule has 0 unspecified atom stereocenters. The first kappa shape index (κ1) is 9.45. The molecule has 0 fully saturated rings. The molecule has 0 saturated carbocycles. The van der Waals surface area contributed by atoms with Gasteiger partial charge in [-0.05, 0) is 22.0 Å². The summed E-state index contributed by atoms with van der Waals surface area (Å²) >= 11 is 0. The number of anilines is 1. The van der Waals surface area contributed by atoms with E-state index in [-0.39, 0.29) is 5.82 Å². The Morgan fingerprint density at radius 3 is 3.00 bits per heavy atom. The molecular weight excluding hydrogens is 196 g/mol. The molecular formula is C9H10N4O2. The molecule has 0 aromatic carbocycles. The summed E-state index contributed by atoms with van der Waals surface area (Å²) in [5.74, 6) is 0.524. The van der Waals surface area contributed by atoms with Gasteiger partial charge in [-0.25, -0.2) is 0 Å². The number of nitrogen functional groups attached to an aromatic ring is 1. The van der Waals surface area contributed by atoms with Gasteiger partial charge in [0.2, 0.25) is 5.82 Å². The van der Waals surface area contributed by atoms with Gasteiger partial charge in [0, 0.05) is 18.3 Å². The molecule has 2 aromatic heterocycles. The average molecular weight is 206 g/mol. The number of imidazole rings is 1. The number of hydrogen-bond donors (Lipinski definition) is 1. The van der Waals surface area contributed by atoms with Crippen LogP contribution in [0.2, 0.25) is 0 Å². The van der Waals surface area contributed by atoms with E-state index >= 15 is 0 Å². The van der Waals surface area contributed by atoms with Gasteiger partial charge in [0.25, 0.3) is 0 Å². The number of pyridine rings is 1. The first-order chi connectivity index (χ1) is 7.13. The van der Waals surface area contributed by atoms with Crippen LogP contribution in [-0.4, -0.2) is 14.3 Å². The summed E-state index contributed by atoms with van der Waals surface area (Å²) in [6, 6.07) is 3.25. The second-order valence-corrected chi connectivity index (χ2v) is 3.18. The van der Waals surface area contributed by atoms with Crippen molar-refractivity contribution in [3.05, 3.63) is 34.3 Å². The van der Waals surface area contributed by atoms with Crippen LogP contribution in [0.25, 0.3) is 5.52 Å². The van der Waals surface area contributed by atoms with Crippen molar-refractivity contribution in [1.29, 1.82) is 0 Å². The van der Waals surface area contributed by atoms with E-state index < -0.39 is 4.92 Å². The van der Waals surface area contributed by atoms with Crippen LogP contribution in [-0.2, 0) is 6.42 Å². The third-order valence-electron chi connectivity index (χ3n) is 2.21. The number of rotatable bonds is 2. The fraction of sp³-hybridized carbons (Fsp3) is 0.222. The van der Waals surface area contributed by atoms with Crippen LogP contribution in [0.3, 0.4) is 0 Å². The second-order valence-electron chi connectivity index (χ2n) is 3.18. The normalized spacial score (nSPS) is 10.7. The fourth-order valence-corrected chi connectivity index (χ4v) is 1.53. The molecule has 6 heteroatoms. The van der Waals surface area contributed by atoms with E-state index in [9.17, 15) is 10.1 Å². The summed E-state index contributed by atoms with van der Waals surface area (Å²) in [6.07, 6.45) is 2.34. The van der Waals surface area contributed by atoms with E-state index in [4.69, 9.17) is 5.73 Å². The molecule has 0 aliphatic heterocycles. The zero-order valence-corrected chi connectivity index (χ0v) is 8.17. The number of aryl methyl sites for hydroxylation is 1. The van der Waals surface area contributed by atoms with Crippen molar-refractivity contribution in [3.8, 4) is 0 Å². The van der Waals surface area contributed by atoms with Gasteiger partial charge < -0.3 is 15.8 Å². The lowest BCUT2D eigenvalue weighted by Gasteiger charge is -1.96. The highest BCUT2D eigenvalue weighted by molar-refractivity contribution is 5.67. The number of hydrogen-bond acceptors (Lipinski definition) is 4. The first-order valence-corrected chi connectivity index (χ1v) is 4.54. The lowest BCUT2D eigenvalue weighted by Crippen LogP contribution is -1.93. The van der Waals surface area contributed by atoms with Crippen LogP contribution in [0.5, 0.6) is 0 Å². The molecule has 0 saturated heterocycles. The van der Waals surface area contributed by atoms with Gasteiger partial charge in [0.15, 0.2) is 0 Å². The van der Waals surface area contributed by atoms with E-state index in [1.54, 1.807) is 22.7 Å². The van der Waals surface area contributed by atoms with Crippen LogP contribution in [0, 0.1) is 10.1 Å². The fourth-order valence-electron chi connectivity index (χ4n) is 1.53. The second kappa shape index (κ2) is 3.23. The van der Waals surface area contributed by atoms with Crippen molar-refractivity contribution < 1.29 is 4.92 Å². The zero-order chi connectivity index (χ0) is 11.0. The highest BCUT2D eigenvalue weighted by Crippen LogP contribution is 2.22. The maximum atomic E-state index is 10.7. The van der Waals surface area contributed by atoms with Gasteiger partial charge >= 0.3 is 5.82 Å². The number of nitrogens with zero attached hydrogens (tertiary/aromatic N) is 3. The van der Waals surface area contributed by atoms with Gasteiger partial charge in [0.05, 0.1) is 0 Å². The Labute approximate surface area is 85.5 Å². The molecule has 0 bridgehead atoms. The van der Waals surface area contributed by atoms with Crippen LogP contribution < -0.4 is 5.73 Å². The molecule has 78 valence electrons. The average Bonchev–Trinajstić information content (AvgIpc) is 2.55. The molecule has 0 amide bonds. The molecule has 2 rings (SSSR count). The highest BCUT2D eigenvalue weighted by atomic mass is 16.6. The van der Waals surface area contributed by atoms with Crippen LogP contribution in [0.1, 0.15) is 12.7 Å². The first-order valence-electron chi connectivity index (χ1n) is 4.54. The number of nitro groups is 1. The topological polar surface area (TPSA) is 86.5 Å². The molecule has 0 aliphatic rings. The smallest absolute Gasteiger partial charge is 0.389 e. The maximum Gasteiger partial charge on any atom is 0.389 e. The van der Waals surface area contributed by atoms with Gasteiger partial charge in [-0.3, -0.25) is 4.40 Å². The third kappa shape index (κ3) is 1.39. The third-order valence-corrected chi connectivity index (χ3v) is 2.21. The Morgan fingerprint density at radius 1 is 1.67 bits per heavy atom. The Hall–Kier alpha value is -2.11. The van der Waals surface area contributed by atoms with Crippen molar-refractivity contribution in [2.75, 3.05) is 5.73 Å². The predicted molar refractivity (Wildman–Crippen MR) is 55.6 cm³/mol.